The van der Waals surface area contributed by atoms with Gasteiger partial charge in [-0.3, -0.25) is 4.68 Å². The van der Waals surface area contributed by atoms with Crippen LogP contribution in [-0.4, -0.2) is 22.9 Å². The van der Waals surface area contributed by atoms with Crippen molar-refractivity contribution in [3.63, 3.8) is 0 Å². The molecular weight excluding hydrogens is 198 g/mol. The van der Waals surface area contributed by atoms with Gasteiger partial charge in [-0.25, -0.2) is 0 Å². The number of rotatable bonds is 3. The average molecular weight is 221 g/mol. The standard InChI is InChI=1S/C13H23N3/c1-10-8-12(16(3)15-10)9-11-6-4-5-7-13(11)14-2/h8,11,13-14H,4-7,9H2,1-3H3. The Balaban J connectivity index is 2.04. The Morgan fingerprint density at radius 1 is 1.44 bits per heavy atom. The van der Waals surface area contributed by atoms with Crippen molar-refractivity contribution in [2.75, 3.05) is 7.05 Å². The van der Waals surface area contributed by atoms with Gasteiger partial charge in [-0.15, -0.1) is 0 Å². The van der Waals surface area contributed by atoms with Gasteiger partial charge in [-0.2, -0.15) is 5.10 Å². The Morgan fingerprint density at radius 3 is 2.81 bits per heavy atom. The maximum absolute atomic E-state index is 4.42. The molecule has 0 saturated heterocycles. The molecule has 1 saturated carbocycles. The van der Waals surface area contributed by atoms with E-state index < -0.39 is 0 Å². The normalized spacial score (nSPS) is 25.9. The molecule has 1 aromatic rings. The molecule has 0 aliphatic heterocycles. The molecule has 1 aliphatic carbocycles. The van der Waals surface area contributed by atoms with Gasteiger partial charge < -0.3 is 5.32 Å². The molecule has 2 rings (SSSR count). The lowest BCUT2D eigenvalue weighted by atomic mass is 9.82. The Kier molecular flexibility index (Phi) is 3.64. The molecule has 1 fully saturated rings. The van der Waals surface area contributed by atoms with Gasteiger partial charge in [-0.05, 0) is 45.2 Å². The van der Waals surface area contributed by atoms with Crippen LogP contribution in [-0.2, 0) is 13.5 Å². The van der Waals surface area contributed by atoms with E-state index >= 15 is 0 Å². The van der Waals surface area contributed by atoms with Crippen molar-refractivity contribution in [3.8, 4) is 0 Å². The van der Waals surface area contributed by atoms with E-state index in [0.29, 0.717) is 6.04 Å². The second-order valence-corrected chi connectivity index (χ2v) is 5.04. The van der Waals surface area contributed by atoms with Crippen LogP contribution >= 0.6 is 0 Å². The summed E-state index contributed by atoms with van der Waals surface area (Å²) in [7, 11) is 4.15. The van der Waals surface area contributed by atoms with Crippen molar-refractivity contribution in [2.45, 2.75) is 45.1 Å². The number of nitrogens with zero attached hydrogens (tertiary/aromatic N) is 2. The highest BCUT2D eigenvalue weighted by atomic mass is 15.3. The van der Waals surface area contributed by atoms with Gasteiger partial charge in [0.15, 0.2) is 0 Å². The summed E-state index contributed by atoms with van der Waals surface area (Å²) >= 11 is 0. The van der Waals surface area contributed by atoms with E-state index in [1.165, 1.54) is 37.8 Å². The highest BCUT2D eigenvalue weighted by Gasteiger charge is 2.24. The fourth-order valence-corrected chi connectivity index (χ4v) is 2.96. The lowest BCUT2D eigenvalue weighted by Gasteiger charge is -2.31. The van der Waals surface area contributed by atoms with Crippen molar-refractivity contribution in [1.29, 1.82) is 0 Å². The van der Waals surface area contributed by atoms with Crippen LogP contribution in [0.1, 0.15) is 37.1 Å². The molecular formula is C13H23N3. The minimum Gasteiger partial charge on any atom is -0.317 e. The van der Waals surface area contributed by atoms with Crippen molar-refractivity contribution in [3.05, 3.63) is 17.5 Å². The number of hydrogen-bond acceptors (Lipinski definition) is 2. The van der Waals surface area contributed by atoms with Crippen LogP contribution in [0.4, 0.5) is 0 Å². The van der Waals surface area contributed by atoms with E-state index in [2.05, 4.69) is 37.5 Å². The molecule has 1 heterocycles. The lowest BCUT2D eigenvalue weighted by molar-refractivity contribution is 0.269. The van der Waals surface area contributed by atoms with Gasteiger partial charge in [0.2, 0.25) is 0 Å². The van der Waals surface area contributed by atoms with E-state index in [1.807, 2.05) is 4.68 Å². The third-order valence-electron chi connectivity index (χ3n) is 3.85. The number of aromatic nitrogens is 2. The molecule has 0 radical (unpaired) electrons. The molecule has 1 aromatic heterocycles. The number of aryl methyl sites for hydroxylation is 2. The SMILES string of the molecule is CNC1CCCCC1Cc1cc(C)nn1C. The smallest absolute Gasteiger partial charge is 0.0596 e. The largest absolute Gasteiger partial charge is 0.317 e. The number of hydrogen-bond donors (Lipinski definition) is 1. The third-order valence-corrected chi connectivity index (χ3v) is 3.85. The second-order valence-electron chi connectivity index (χ2n) is 5.04. The van der Waals surface area contributed by atoms with Gasteiger partial charge >= 0.3 is 0 Å². The van der Waals surface area contributed by atoms with Gasteiger partial charge in [0.25, 0.3) is 0 Å². The summed E-state index contributed by atoms with van der Waals surface area (Å²) in [6.45, 7) is 2.07. The zero-order chi connectivity index (χ0) is 11.5. The molecule has 1 aliphatic rings. The van der Waals surface area contributed by atoms with E-state index in [-0.39, 0.29) is 0 Å². The summed E-state index contributed by atoms with van der Waals surface area (Å²) < 4.78 is 2.04. The van der Waals surface area contributed by atoms with E-state index in [4.69, 9.17) is 0 Å². The highest BCUT2D eigenvalue weighted by Crippen LogP contribution is 2.27. The first-order valence-electron chi connectivity index (χ1n) is 6.37. The fraction of sp³-hybridized carbons (Fsp3) is 0.769. The molecule has 0 amide bonds. The minimum absolute atomic E-state index is 0.698. The highest BCUT2D eigenvalue weighted by molar-refractivity contribution is 5.10. The summed E-state index contributed by atoms with van der Waals surface area (Å²) in [6, 6.07) is 2.92. The molecule has 1 N–H and O–H groups in total. The fourth-order valence-electron chi connectivity index (χ4n) is 2.96. The zero-order valence-electron chi connectivity index (χ0n) is 10.7. The van der Waals surface area contributed by atoms with Crippen molar-refractivity contribution < 1.29 is 0 Å². The predicted octanol–water partition coefficient (Wildman–Crippen LogP) is 2.05. The summed E-state index contributed by atoms with van der Waals surface area (Å²) in [4.78, 5) is 0. The van der Waals surface area contributed by atoms with E-state index in [1.54, 1.807) is 0 Å². The van der Waals surface area contributed by atoms with Crippen LogP contribution in [0.15, 0.2) is 6.07 Å². The maximum Gasteiger partial charge on any atom is 0.0596 e. The average Bonchev–Trinajstić information content (AvgIpc) is 2.58. The predicted molar refractivity (Wildman–Crippen MR) is 66.5 cm³/mol. The zero-order valence-corrected chi connectivity index (χ0v) is 10.7. The van der Waals surface area contributed by atoms with E-state index in [9.17, 15) is 0 Å². The lowest BCUT2D eigenvalue weighted by Crippen LogP contribution is -2.37. The van der Waals surface area contributed by atoms with Crippen LogP contribution in [0.3, 0.4) is 0 Å². The van der Waals surface area contributed by atoms with E-state index in [0.717, 1.165) is 11.6 Å². The monoisotopic (exact) mass is 221 g/mol. The molecule has 3 heteroatoms. The molecule has 16 heavy (non-hydrogen) atoms. The maximum atomic E-state index is 4.42. The Hall–Kier alpha value is -0.830. The van der Waals surface area contributed by atoms with Crippen molar-refractivity contribution in [2.24, 2.45) is 13.0 Å². The van der Waals surface area contributed by atoms with Crippen molar-refractivity contribution >= 4 is 0 Å². The Morgan fingerprint density at radius 2 is 2.19 bits per heavy atom. The van der Waals surface area contributed by atoms with Gasteiger partial charge in [-0.1, -0.05) is 12.8 Å². The molecule has 90 valence electrons. The third kappa shape index (κ3) is 2.46. The van der Waals surface area contributed by atoms with Crippen molar-refractivity contribution in [1.82, 2.24) is 15.1 Å². The van der Waals surface area contributed by atoms with Crippen LogP contribution in [0.25, 0.3) is 0 Å². The van der Waals surface area contributed by atoms with Gasteiger partial charge in [0, 0.05) is 18.8 Å². The van der Waals surface area contributed by atoms with Gasteiger partial charge in [0.05, 0.1) is 5.69 Å². The summed E-state index contributed by atoms with van der Waals surface area (Å²) in [5, 5.41) is 7.89. The first kappa shape index (κ1) is 11.6. The summed E-state index contributed by atoms with van der Waals surface area (Å²) in [5.74, 6) is 0.786. The molecule has 2 atom stereocenters. The Labute approximate surface area is 98.2 Å². The molecule has 0 spiro atoms. The first-order valence-corrected chi connectivity index (χ1v) is 6.37. The topological polar surface area (TPSA) is 29.9 Å². The molecule has 2 unspecified atom stereocenters. The summed E-state index contributed by atoms with van der Waals surface area (Å²) in [5.41, 5.74) is 2.51. The molecule has 3 nitrogen and oxygen atoms in total. The van der Waals surface area contributed by atoms with Crippen LogP contribution in [0.2, 0.25) is 0 Å². The quantitative estimate of drug-likeness (QED) is 0.846. The Bertz CT molecular complexity index is 343. The van der Waals surface area contributed by atoms with Crippen LogP contribution < -0.4 is 5.32 Å². The molecule has 0 aromatic carbocycles. The molecule has 0 bridgehead atoms. The summed E-state index contributed by atoms with van der Waals surface area (Å²) in [6.07, 6.45) is 6.63. The minimum atomic E-state index is 0.698. The van der Waals surface area contributed by atoms with Crippen LogP contribution in [0, 0.1) is 12.8 Å². The van der Waals surface area contributed by atoms with Gasteiger partial charge in [0.1, 0.15) is 0 Å². The van der Waals surface area contributed by atoms with Crippen LogP contribution in [0.5, 0.6) is 0 Å². The first-order chi connectivity index (χ1) is 7.70. The number of nitrogens with one attached hydrogen (secondary N) is 1. The second kappa shape index (κ2) is 5.00.